The van der Waals surface area contributed by atoms with Crippen molar-refractivity contribution in [1.29, 1.82) is 0 Å². The number of esters is 1. The number of aryl methyl sites for hydroxylation is 4. The molecule has 2 heterocycles. The van der Waals surface area contributed by atoms with Crippen LogP contribution in [-0.2, 0) is 23.0 Å². The fourth-order valence-corrected chi connectivity index (χ4v) is 3.27. The molecule has 0 unspecified atom stereocenters. The normalized spacial score (nSPS) is 10.6. The zero-order valence-electron chi connectivity index (χ0n) is 13.8. The van der Waals surface area contributed by atoms with Crippen molar-refractivity contribution in [2.45, 2.75) is 33.6 Å². The SMILES string of the molecule is CCOC(=O)c1sc(NC(=O)CCc2cn(C)nc2C)cc1C. The van der Waals surface area contributed by atoms with Gasteiger partial charge in [-0.05, 0) is 44.4 Å². The molecule has 0 aliphatic carbocycles. The average Bonchev–Trinajstić information content (AvgIpc) is 2.99. The van der Waals surface area contributed by atoms with E-state index in [1.807, 2.05) is 27.1 Å². The topological polar surface area (TPSA) is 73.2 Å². The van der Waals surface area contributed by atoms with Gasteiger partial charge in [-0.3, -0.25) is 9.48 Å². The van der Waals surface area contributed by atoms with Crippen molar-refractivity contribution < 1.29 is 14.3 Å². The second-order valence-electron chi connectivity index (χ2n) is 5.30. The first-order valence-electron chi connectivity index (χ1n) is 7.47. The van der Waals surface area contributed by atoms with E-state index in [2.05, 4.69) is 10.4 Å². The Morgan fingerprint density at radius 3 is 2.74 bits per heavy atom. The van der Waals surface area contributed by atoms with Gasteiger partial charge < -0.3 is 10.1 Å². The molecule has 0 saturated heterocycles. The maximum atomic E-state index is 12.1. The number of carbonyl (C=O) groups excluding carboxylic acids is 2. The lowest BCUT2D eigenvalue weighted by Gasteiger charge is -2.02. The number of nitrogens with one attached hydrogen (secondary N) is 1. The molecule has 2 aromatic heterocycles. The summed E-state index contributed by atoms with van der Waals surface area (Å²) in [4.78, 5) is 24.4. The smallest absolute Gasteiger partial charge is 0.348 e. The minimum absolute atomic E-state index is 0.0788. The van der Waals surface area contributed by atoms with Crippen LogP contribution in [0.5, 0.6) is 0 Å². The minimum atomic E-state index is -0.346. The van der Waals surface area contributed by atoms with Crippen LogP contribution in [0.1, 0.15) is 39.8 Å². The fourth-order valence-electron chi connectivity index (χ4n) is 2.29. The standard InChI is InChI=1S/C16H21N3O3S/c1-5-22-16(21)15-10(2)8-14(23-15)17-13(20)7-6-12-9-19(4)18-11(12)3/h8-9H,5-7H2,1-4H3,(H,17,20). The zero-order chi connectivity index (χ0) is 17.0. The third-order valence-electron chi connectivity index (χ3n) is 3.38. The molecule has 0 bridgehead atoms. The van der Waals surface area contributed by atoms with Crippen molar-refractivity contribution in [3.63, 3.8) is 0 Å². The molecule has 0 atom stereocenters. The van der Waals surface area contributed by atoms with Gasteiger partial charge in [0.1, 0.15) is 4.88 Å². The number of thiophene rings is 1. The monoisotopic (exact) mass is 335 g/mol. The van der Waals surface area contributed by atoms with Crippen LogP contribution in [0.25, 0.3) is 0 Å². The van der Waals surface area contributed by atoms with E-state index in [1.54, 1.807) is 17.7 Å². The first-order chi connectivity index (χ1) is 10.9. The highest BCUT2D eigenvalue weighted by molar-refractivity contribution is 7.18. The molecule has 0 saturated carbocycles. The van der Waals surface area contributed by atoms with E-state index in [1.165, 1.54) is 11.3 Å². The van der Waals surface area contributed by atoms with E-state index in [9.17, 15) is 9.59 Å². The number of amides is 1. The molecule has 6 nitrogen and oxygen atoms in total. The van der Waals surface area contributed by atoms with Gasteiger partial charge in [0, 0.05) is 19.7 Å². The molecule has 0 aliphatic rings. The van der Waals surface area contributed by atoms with Gasteiger partial charge in [-0.2, -0.15) is 5.10 Å². The molecule has 1 N–H and O–H groups in total. The maximum absolute atomic E-state index is 12.1. The third kappa shape index (κ3) is 4.41. The Labute approximate surface area is 139 Å². The minimum Gasteiger partial charge on any atom is -0.462 e. The van der Waals surface area contributed by atoms with Crippen LogP contribution in [0.15, 0.2) is 12.3 Å². The van der Waals surface area contributed by atoms with Crippen molar-refractivity contribution in [3.05, 3.63) is 34.0 Å². The van der Waals surface area contributed by atoms with Gasteiger partial charge in [-0.15, -0.1) is 11.3 Å². The Kier molecular flexibility index (Phi) is 5.54. The second kappa shape index (κ2) is 7.41. The highest BCUT2D eigenvalue weighted by atomic mass is 32.1. The summed E-state index contributed by atoms with van der Waals surface area (Å²) in [6.07, 6.45) is 2.94. The predicted octanol–water partition coefficient (Wildman–Crippen LogP) is 2.85. The Morgan fingerprint density at radius 1 is 1.39 bits per heavy atom. The second-order valence-corrected chi connectivity index (χ2v) is 6.36. The number of anilines is 1. The number of rotatable bonds is 6. The van der Waals surface area contributed by atoms with Crippen molar-refractivity contribution in [2.24, 2.45) is 7.05 Å². The van der Waals surface area contributed by atoms with E-state index < -0.39 is 0 Å². The van der Waals surface area contributed by atoms with E-state index >= 15 is 0 Å². The molecular formula is C16H21N3O3S. The third-order valence-corrected chi connectivity index (χ3v) is 4.51. The summed E-state index contributed by atoms with van der Waals surface area (Å²) in [7, 11) is 1.86. The molecular weight excluding hydrogens is 314 g/mol. The molecule has 0 aliphatic heterocycles. The lowest BCUT2D eigenvalue weighted by atomic mass is 10.1. The zero-order valence-corrected chi connectivity index (χ0v) is 14.6. The van der Waals surface area contributed by atoms with Gasteiger partial charge in [-0.1, -0.05) is 0 Å². The van der Waals surface area contributed by atoms with Crippen LogP contribution in [0.2, 0.25) is 0 Å². The molecule has 0 aromatic carbocycles. The van der Waals surface area contributed by atoms with Crippen LogP contribution in [0, 0.1) is 13.8 Å². The van der Waals surface area contributed by atoms with Gasteiger partial charge in [0.25, 0.3) is 0 Å². The van der Waals surface area contributed by atoms with Gasteiger partial charge in [-0.25, -0.2) is 4.79 Å². The summed E-state index contributed by atoms with van der Waals surface area (Å²) >= 11 is 1.24. The lowest BCUT2D eigenvalue weighted by molar-refractivity contribution is -0.116. The van der Waals surface area contributed by atoms with E-state index in [4.69, 9.17) is 4.74 Å². The quantitative estimate of drug-likeness (QED) is 0.824. The summed E-state index contributed by atoms with van der Waals surface area (Å²) in [6.45, 7) is 5.87. The summed E-state index contributed by atoms with van der Waals surface area (Å²) in [5.41, 5.74) is 2.82. The number of aromatic nitrogens is 2. The predicted molar refractivity (Wildman–Crippen MR) is 89.9 cm³/mol. The summed E-state index contributed by atoms with van der Waals surface area (Å²) in [5, 5.41) is 7.77. The average molecular weight is 335 g/mol. The molecule has 124 valence electrons. The van der Waals surface area contributed by atoms with Crippen LogP contribution < -0.4 is 5.32 Å². The van der Waals surface area contributed by atoms with Crippen molar-refractivity contribution >= 4 is 28.2 Å². The van der Waals surface area contributed by atoms with Crippen LogP contribution in [0.3, 0.4) is 0 Å². The van der Waals surface area contributed by atoms with Gasteiger partial charge in [0.05, 0.1) is 17.3 Å². The van der Waals surface area contributed by atoms with Gasteiger partial charge in [0.2, 0.25) is 5.91 Å². The maximum Gasteiger partial charge on any atom is 0.348 e. The Hall–Kier alpha value is -2.15. The first kappa shape index (κ1) is 17.2. The van der Waals surface area contributed by atoms with Crippen molar-refractivity contribution in [1.82, 2.24) is 9.78 Å². The molecule has 7 heteroatoms. The fraction of sp³-hybridized carbons (Fsp3) is 0.438. The highest BCUT2D eigenvalue weighted by Crippen LogP contribution is 2.27. The van der Waals surface area contributed by atoms with Crippen LogP contribution in [-0.4, -0.2) is 28.3 Å². The lowest BCUT2D eigenvalue weighted by Crippen LogP contribution is -2.11. The van der Waals surface area contributed by atoms with E-state index in [-0.39, 0.29) is 11.9 Å². The molecule has 2 rings (SSSR count). The Morgan fingerprint density at radius 2 is 2.13 bits per heavy atom. The molecule has 2 aromatic rings. The number of ether oxygens (including phenoxy) is 1. The Bertz CT molecular complexity index is 718. The van der Waals surface area contributed by atoms with Gasteiger partial charge >= 0.3 is 5.97 Å². The highest BCUT2D eigenvalue weighted by Gasteiger charge is 2.16. The van der Waals surface area contributed by atoms with E-state index in [0.717, 1.165) is 16.8 Å². The summed E-state index contributed by atoms with van der Waals surface area (Å²) in [6, 6.07) is 1.80. The number of hydrogen-bond donors (Lipinski definition) is 1. The number of hydrogen-bond acceptors (Lipinski definition) is 5. The van der Waals surface area contributed by atoms with Crippen molar-refractivity contribution in [3.8, 4) is 0 Å². The van der Waals surface area contributed by atoms with Crippen LogP contribution >= 0.6 is 11.3 Å². The number of carbonyl (C=O) groups is 2. The van der Waals surface area contributed by atoms with Crippen LogP contribution in [0.4, 0.5) is 5.00 Å². The molecule has 0 fully saturated rings. The summed E-state index contributed by atoms with van der Waals surface area (Å²) in [5.74, 6) is -0.425. The number of nitrogens with zero attached hydrogens (tertiary/aromatic N) is 2. The van der Waals surface area contributed by atoms with Crippen molar-refractivity contribution in [2.75, 3.05) is 11.9 Å². The molecule has 23 heavy (non-hydrogen) atoms. The Balaban J connectivity index is 1.94. The largest absolute Gasteiger partial charge is 0.462 e. The van der Waals surface area contributed by atoms with E-state index in [0.29, 0.717) is 29.3 Å². The molecule has 1 amide bonds. The van der Waals surface area contributed by atoms with Gasteiger partial charge in [0.15, 0.2) is 0 Å². The summed E-state index contributed by atoms with van der Waals surface area (Å²) < 4.78 is 6.74. The first-order valence-corrected chi connectivity index (χ1v) is 8.29. The molecule has 0 radical (unpaired) electrons. The molecule has 0 spiro atoms.